The van der Waals surface area contributed by atoms with Gasteiger partial charge in [0.05, 0.1) is 18.0 Å². The zero-order chi connectivity index (χ0) is 37.8. The molecule has 0 bridgehead atoms. The monoisotopic (exact) mass is 746 g/mol. The van der Waals surface area contributed by atoms with Crippen LogP contribution in [-0.2, 0) is 30.9 Å². The van der Waals surface area contributed by atoms with E-state index in [0.717, 1.165) is 28.7 Å². The standard InChI is InChI=1S/C41H50N2O9S/c1-28(2)36-23-41(27-51-39(36)35-22-32(11-12-37(35)49-25-38(44)45)52-33-20-29(3)19-30(4)21-33)15-8-16-43(26-41)53(47,48)34-13-17-42(18-14-34)40(46)50-24-31-9-6-5-7-10-31/h5-7,9-12,19-22,34,36,39H,1,8,13-18,23-27H2,2-4H3,(H,44,45)/t36-,39-,41+/m1/s1. The molecule has 1 amide bonds. The highest BCUT2D eigenvalue weighted by atomic mass is 32.2. The fourth-order valence-electron chi connectivity index (χ4n) is 7.99. The van der Waals surface area contributed by atoms with Gasteiger partial charge in [0.1, 0.15) is 23.9 Å². The van der Waals surface area contributed by atoms with Gasteiger partial charge in [-0.1, -0.05) is 48.6 Å². The van der Waals surface area contributed by atoms with Gasteiger partial charge in [0.25, 0.3) is 0 Å². The van der Waals surface area contributed by atoms with Crippen LogP contribution < -0.4 is 9.47 Å². The third kappa shape index (κ3) is 9.23. The van der Waals surface area contributed by atoms with Crippen molar-refractivity contribution < 1.29 is 42.1 Å². The Bertz CT molecular complexity index is 1890. The number of benzene rings is 3. The van der Waals surface area contributed by atoms with Gasteiger partial charge in [-0.3, -0.25) is 0 Å². The highest BCUT2D eigenvalue weighted by Gasteiger charge is 2.48. The predicted octanol–water partition coefficient (Wildman–Crippen LogP) is 7.43. The number of aliphatic carboxylic acids is 1. The lowest BCUT2D eigenvalue weighted by molar-refractivity contribution is -0.139. The zero-order valence-electron chi connectivity index (χ0n) is 30.8. The topological polar surface area (TPSA) is 132 Å². The second kappa shape index (κ2) is 16.3. The number of carboxylic acid groups (broad SMARTS) is 1. The largest absolute Gasteiger partial charge is 0.482 e. The van der Waals surface area contributed by atoms with E-state index in [-0.39, 0.29) is 12.5 Å². The first-order chi connectivity index (χ1) is 25.3. The molecule has 0 saturated carbocycles. The minimum absolute atomic E-state index is 0.172. The van der Waals surface area contributed by atoms with Gasteiger partial charge in [-0.25, -0.2) is 22.3 Å². The average Bonchev–Trinajstić information content (AvgIpc) is 3.13. The molecule has 3 saturated heterocycles. The Kier molecular flexibility index (Phi) is 11.8. The van der Waals surface area contributed by atoms with E-state index < -0.39 is 45.5 Å². The van der Waals surface area contributed by atoms with Crippen molar-refractivity contribution in [3.8, 4) is 17.2 Å². The molecule has 3 aromatic carbocycles. The number of ether oxygens (including phenoxy) is 4. The van der Waals surface area contributed by atoms with Crippen molar-refractivity contribution in [2.75, 3.05) is 39.4 Å². The van der Waals surface area contributed by atoms with Crippen LogP contribution in [-0.4, -0.2) is 79.4 Å². The lowest BCUT2D eigenvalue weighted by Crippen LogP contribution is -2.54. The van der Waals surface area contributed by atoms with Crippen molar-refractivity contribution in [3.05, 3.63) is 101 Å². The molecule has 3 aliphatic heterocycles. The Morgan fingerprint density at radius 3 is 2.38 bits per heavy atom. The van der Waals surface area contributed by atoms with Gasteiger partial charge < -0.3 is 29.0 Å². The van der Waals surface area contributed by atoms with Crippen molar-refractivity contribution in [1.29, 1.82) is 0 Å². The maximum absolute atomic E-state index is 14.1. The Morgan fingerprint density at radius 2 is 1.70 bits per heavy atom. The number of piperidine rings is 2. The Balaban J connectivity index is 1.15. The second-order valence-electron chi connectivity index (χ2n) is 14.9. The molecule has 0 unspecified atom stereocenters. The molecule has 1 spiro atoms. The molecule has 11 nitrogen and oxygen atoms in total. The molecule has 3 fully saturated rings. The summed E-state index contributed by atoms with van der Waals surface area (Å²) in [4.78, 5) is 25.8. The van der Waals surface area contributed by atoms with Gasteiger partial charge >= 0.3 is 12.1 Å². The number of nitrogens with zero attached hydrogens (tertiary/aromatic N) is 2. The molecule has 0 aliphatic carbocycles. The van der Waals surface area contributed by atoms with Crippen LogP contribution in [0.25, 0.3) is 0 Å². The van der Waals surface area contributed by atoms with Crippen molar-refractivity contribution >= 4 is 22.1 Å². The van der Waals surface area contributed by atoms with Crippen molar-refractivity contribution in [3.63, 3.8) is 0 Å². The van der Waals surface area contributed by atoms with Crippen LogP contribution in [0.4, 0.5) is 4.79 Å². The molecule has 284 valence electrons. The third-order valence-corrected chi connectivity index (χ3v) is 12.9. The van der Waals surface area contributed by atoms with E-state index in [1.165, 1.54) is 0 Å². The SMILES string of the molecule is C=C(C)[C@H]1C[C@]2(CCCN(S(=O)(=O)C3CCN(C(=O)OCc4ccccc4)CC3)C2)CO[C@@H]1c1cc(Oc2cc(C)cc(C)c2)ccc1OCC(=O)O. The fourth-order valence-corrected chi connectivity index (χ4v) is 10.1. The smallest absolute Gasteiger partial charge is 0.410 e. The number of aryl methyl sites for hydroxylation is 2. The van der Waals surface area contributed by atoms with E-state index >= 15 is 0 Å². The number of amides is 1. The summed E-state index contributed by atoms with van der Waals surface area (Å²) in [6.07, 6.45) is 1.90. The maximum atomic E-state index is 14.1. The Labute approximate surface area is 312 Å². The molecular weight excluding hydrogens is 697 g/mol. The molecule has 6 rings (SSSR count). The van der Waals surface area contributed by atoms with Gasteiger partial charge in [-0.15, -0.1) is 0 Å². The number of hydrogen-bond donors (Lipinski definition) is 1. The van der Waals surface area contributed by atoms with Crippen LogP contribution >= 0.6 is 0 Å². The van der Waals surface area contributed by atoms with E-state index in [9.17, 15) is 23.1 Å². The van der Waals surface area contributed by atoms with Crippen LogP contribution in [0.3, 0.4) is 0 Å². The van der Waals surface area contributed by atoms with Gasteiger partial charge in [0.2, 0.25) is 10.0 Å². The van der Waals surface area contributed by atoms with Crippen LogP contribution in [0, 0.1) is 25.2 Å². The minimum atomic E-state index is -3.65. The van der Waals surface area contributed by atoms with E-state index in [1.807, 2.05) is 69.3 Å². The minimum Gasteiger partial charge on any atom is -0.482 e. The van der Waals surface area contributed by atoms with Crippen LogP contribution in [0.2, 0.25) is 0 Å². The summed E-state index contributed by atoms with van der Waals surface area (Å²) >= 11 is 0. The first-order valence-electron chi connectivity index (χ1n) is 18.3. The lowest BCUT2D eigenvalue weighted by Gasteiger charge is -2.50. The summed E-state index contributed by atoms with van der Waals surface area (Å²) in [6, 6.07) is 20.7. The Morgan fingerprint density at radius 1 is 0.981 bits per heavy atom. The number of hydrogen-bond acceptors (Lipinski definition) is 8. The molecule has 3 heterocycles. The predicted molar refractivity (Wildman–Crippen MR) is 201 cm³/mol. The van der Waals surface area contributed by atoms with E-state index in [1.54, 1.807) is 21.3 Å². The van der Waals surface area contributed by atoms with E-state index in [2.05, 4.69) is 12.6 Å². The molecule has 0 radical (unpaired) electrons. The maximum Gasteiger partial charge on any atom is 0.410 e. The van der Waals surface area contributed by atoms with E-state index in [0.29, 0.717) is 81.3 Å². The number of carboxylic acids is 1. The average molecular weight is 747 g/mol. The van der Waals surface area contributed by atoms with Gasteiger partial charge in [-0.05, 0) is 99.9 Å². The van der Waals surface area contributed by atoms with Crippen molar-refractivity contribution in [2.45, 2.75) is 70.8 Å². The molecule has 1 N–H and O–H groups in total. The van der Waals surface area contributed by atoms with E-state index in [4.69, 9.17) is 18.9 Å². The highest BCUT2D eigenvalue weighted by Crippen LogP contribution is 2.51. The fraction of sp³-hybridized carbons (Fsp3) is 0.463. The molecular formula is C41H50N2O9S. The van der Waals surface area contributed by atoms with Crippen molar-refractivity contribution in [2.24, 2.45) is 11.3 Å². The summed E-state index contributed by atoms with van der Waals surface area (Å²) in [7, 11) is -3.65. The number of carbonyl (C=O) groups is 2. The summed E-state index contributed by atoms with van der Waals surface area (Å²) in [5.41, 5.74) is 4.14. The molecule has 53 heavy (non-hydrogen) atoms. The lowest BCUT2D eigenvalue weighted by atomic mass is 9.69. The molecule has 3 aromatic rings. The van der Waals surface area contributed by atoms with Crippen LogP contribution in [0.1, 0.15) is 67.4 Å². The summed E-state index contributed by atoms with van der Waals surface area (Å²) in [6.45, 7) is 11.7. The van der Waals surface area contributed by atoms with Gasteiger partial charge in [0.15, 0.2) is 6.61 Å². The van der Waals surface area contributed by atoms with Gasteiger partial charge in [0, 0.05) is 43.1 Å². The zero-order valence-corrected chi connectivity index (χ0v) is 31.6. The molecule has 12 heteroatoms. The summed E-state index contributed by atoms with van der Waals surface area (Å²) in [5, 5.41) is 8.81. The number of sulfonamides is 1. The van der Waals surface area contributed by atoms with Gasteiger partial charge in [-0.2, -0.15) is 0 Å². The Hall–Kier alpha value is -4.39. The molecule has 0 aromatic heterocycles. The quantitative estimate of drug-likeness (QED) is 0.199. The highest BCUT2D eigenvalue weighted by molar-refractivity contribution is 7.89. The third-order valence-electron chi connectivity index (χ3n) is 10.6. The summed E-state index contributed by atoms with van der Waals surface area (Å²) in [5.74, 6) is 0.339. The van der Waals surface area contributed by atoms with Crippen LogP contribution in [0.5, 0.6) is 17.2 Å². The number of rotatable bonds is 11. The molecule has 3 aliphatic rings. The molecule has 3 atom stereocenters. The first kappa shape index (κ1) is 38.3. The number of carbonyl (C=O) groups excluding carboxylic acids is 1. The number of likely N-dealkylation sites (tertiary alicyclic amines) is 1. The normalized spacial score (nSPS) is 22.7. The summed E-state index contributed by atoms with van der Waals surface area (Å²) < 4.78 is 54.1. The first-order valence-corrected chi connectivity index (χ1v) is 19.8. The van der Waals surface area contributed by atoms with Crippen molar-refractivity contribution in [1.82, 2.24) is 9.21 Å². The second-order valence-corrected chi connectivity index (χ2v) is 17.1. The van der Waals surface area contributed by atoms with Crippen LogP contribution in [0.15, 0.2) is 78.9 Å².